The molecule has 2 amide bonds. The maximum atomic E-state index is 12.6. The number of hydrogen-bond donors (Lipinski definition) is 3. The molecule has 1 aliphatic heterocycles. The van der Waals surface area contributed by atoms with Crippen molar-refractivity contribution in [3.63, 3.8) is 0 Å². The fourth-order valence-electron chi connectivity index (χ4n) is 4.96. The monoisotopic (exact) mass is 542 g/mol. The lowest BCUT2D eigenvalue weighted by molar-refractivity contribution is -0.122. The Bertz CT molecular complexity index is 1070. The molecule has 214 valence electrons. The molecule has 11 heteroatoms. The van der Waals surface area contributed by atoms with Crippen molar-refractivity contribution < 1.29 is 23.8 Å². The molecule has 2 heterocycles. The first-order valence-electron chi connectivity index (χ1n) is 13.4. The second kappa shape index (κ2) is 13.9. The summed E-state index contributed by atoms with van der Waals surface area (Å²) in [5, 5.41) is 9.20. The van der Waals surface area contributed by atoms with Gasteiger partial charge in [0.05, 0.1) is 21.3 Å². The van der Waals surface area contributed by atoms with Crippen LogP contribution in [0.4, 0.5) is 17.5 Å². The fourth-order valence-corrected chi connectivity index (χ4v) is 4.96. The number of benzene rings is 1. The number of amides is 2. The molecule has 1 aromatic heterocycles. The minimum absolute atomic E-state index is 0.0228. The van der Waals surface area contributed by atoms with Gasteiger partial charge in [0.1, 0.15) is 5.82 Å². The standard InChI is InChI=1S/C28H42N6O5/c1-17(2)30-25(35)11-19-10-20(12-26(36)31-18(3)4)16-34(15-19)24-8-9-29-28(33-24)32-21-13-22(37-5)27(39-7)23(14-21)38-6/h8-9,13-14,17-20H,10-12,15-16H2,1-7H3,(H,30,35)(H,31,36)(H,29,32,33)/t19-,20+. The lowest BCUT2D eigenvalue weighted by atomic mass is 9.84. The van der Waals surface area contributed by atoms with Crippen LogP contribution in [0.15, 0.2) is 24.4 Å². The Hall–Kier alpha value is -3.76. The fraction of sp³-hybridized carbons (Fsp3) is 0.571. The molecule has 0 unspecified atom stereocenters. The van der Waals surface area contributed by atoms with E-state index >= 15 is 0 Å². The van der Waals surface area contributed by atoms with E-state index in [1.807, 2.05) is 33.8 Å². The molecule has 1 aromatic carbocycles. The van der Waals surface area contributed by atoms with E-state index in [0.29, 0.717) is 54.8 Å². The van der Waals surface area contributed by atoms with Crippen molar-refractivity contribution in [1.82, 2.24) is 20.6 Å². The highest BCUT2D eigenvalue weighted by Crippen LogP contribution is 2.40. The molecule has 3 rings (SSSR count). The molecule has 3 N–H and O–H groups in total. The Morgan fingerprint density at radius 2 is 1.46 bits per heavy atom. The van der Waals surface area contributed by atoms with Crippen molar-refractivity contribution in [2.45, 2.75) is 59.0 Å². The zero-order chi connectivity index (χ0) is 28.5. The lowest BCUT2D eigenvalue weighted by Crippen LogP contribution is -2.45. The van der Waals surface area contributed by atoms with Gasteiger partial charge in [-0.15, -0.1) is 0 Å². The largest absolute Gasteiger partial charge is 0.493 e. The summed E-state index contributed by atoms with van der Waals surface area (Å²) < 4.78 is 16.3. The third-order valence-corrected chi connectivity index (χ3v) is 6.36. The Balaban J connectivity index is 1.82. The van der Waals surface area contributed by atoms with Crippen LogP contribution in [-0.2, 0) is 9.59 Å². The second-order valence-electron chi connectivity index (χ2n) is 10.5. The van der Waals surface area contributed by atoms with E-state index in [1.54, 1.807) is 39.7 Å². The van der Waals surface area contributed by atoms with Crippen molar-refractivity contribution in [2.24, 2.45) is 11.8 Å². The van der Waals surface area contributed by atoms with Crippen LogP contribution in [0.25, 0.3) is 0 Å². The number of aromatic nitrogens is 2. The van der Waals surface area contributed by atoms with Gasteiger partial charge in [-0.2, -0.15) is 4.98 Å². The number of hydrogen-bond acceptors (Lipinski definition) is 9. The van der Waals surface area contributed by atoms with Crippen molar-refractivity contribution in [2.75, 3.05) is 44.6 Å². The van der Waals surface area contributed by atoms with Crippen LogP contribution < -0.4 is 35.1 Å². The second-order valence-corrected chi connectivity index (χ2v) is 10.5. The molecule has 0 spiro atoms. The van der Waals surface area contributed by atoms with Gasteiger partial charge >= 0.3 is 0 Å². The summed E-state index contributed by atoms with van der Waals surface area (Å²) in [6.45, 7) is 9.13. The number of carbonyl (C=O) groups excluding carboxylic acids is 2. The first-order valence-corrected chi connectivity index (χ1v) is 13.4. The van der Waals surface area contributed by atoms with Gasteiger partial charge in [-0.1, -0.05) is 0 Å². The van der Waals surface area contributed by atoms with Gasteiger partial charge in [0, 0.05) is 62.0 Å². The molecule has 1 aliphatic rings. The minimum atomic E-state index is 0.0228. The highest BCUT2D eigenvalue weighted by atomic mass is 16.5. The van der Waals surface area contributed by atoms with Crippen molar-refractivity contribution in [3.05, 3.63) is 24.4 Å². The molecule has 11 nitrogen and oxygen atoms in total. The summed E-state index contributed by atoms with van der Waals surface area (Å²) in [4.78, 5) is 36.4. The molecule has 2 atom stereocenters. The predicted octanol–water partition coefficient (Wildman–Crippen LogP) is 3.52. The number of anilines is 3. The Morgan fingerprint density at radius 1 is 0.923 bits per heavy atom. The summed E-state index contributed by atoms with van der Waals surface area (Å²) in [7, 11) is 4.67. The molecule has 0 bridgehead atoms. The number of piperidine rings is 1. The SMILES string of the molecule is COc1cc(Nc2nccc(N3C[C@H](CC(=O)NC(C)C)C[C@H](CC(=O)NC(C)C)C3)n2)cc(OC)c1OC. The Labute approximate surface area is 231 Å². The summed E-state index contributed by atoms with van der Waals surface area (Å²) >= 11 is 0. The maximum Gasteiger partial charge on any atom is 0.229 e. The average Bonchev–Trinajstić information content (AvgIpc) is 2.87. The highest BCUT2D eigenvalue weighted by Gasteiger charge is 2.31. The normalized spacial score (nSPS) is 17.1. The molecule has 2 aromatic rings. The molecule has 0 saturated carbocycles. The smallest absolute Gasteiger partial charge is 0.229 e. The summed E-state index contributed by atoms with van der Waals surface area (Å²) in [6.07, 6.45) is 3.30. The summed E-state index contributed by atoms with van der Waals surface area (Å²) in [6, 6.07) is 5.57. The van der Waals surface area contributed by atoms with E-state index in [4.69, 9.17) is 19.2 Å². The third-order valence-electron chi connectivity index (χ3n) is 6.36. The van der Waals surface area contributed by atoms with E-state index in [1.165, 1.54) is 0 Å². The number of methoxy groups -OCH3 is 3. The van der Waals surface area contributed by atoms with Crippen molar-refractivity contribution >= 4 is 29.3 Å². The van der Waals surface area contributed by atoms with Gasteiger partial charge < -0.3 is 35.1 Å². The predicted molar refractivity (Wildman–Crippen MR) is 151 cm³/mol. The highest BCUT2D eigenvalue weighted by molar-refractivity contribution is 5.77. The van der Waals surface area contributed by atoms with E-state index in [-0.39, 0.29) is 35.7 Å². The Kier molecular flexibility index (Phi) is 10.6. The van der Waals surface area contributed by atoms with Crippen molar-refractivity contribution in [1.29, 1.82) is 0 Å². The number of rotatable bonds is 12. The summed E-state index contributed by atoms with van der Waals surface area (Å²) in [5.41, 5.74) is 0.673. The van der Waals surface area contributed by atoms with Gasteiger partial charge in [0.2, 0.25) is 23.5 Å². The number of carbonyl (C=O) groups is 2. The first-order chi connectivity index (χ1) is 18.6. The van der Waals surface area contributed by atoms with Gasteiger partial charge in [0.25, 0.3) is 0 Å². The van der Waals surface area contributed by atoms with Crippen LogP contribution in [0.5, 0.6) is 17.2 Å². The summed E-state index contributed by atoms with van der Waals surface area (Å²) in [5.74, 6) is 2.87. The first kappa shape index (κ1) is 29.8. The average molecular weight is 543 g/mol. The van der Waals surface area contributed by atoms with Crippen LogP contribution >= 0.6 is 0 Å². The van der Waals surface area contributed by atoms with Crippen LogP contribution in [-0.4, -0.2) is 68.3 Å². The quantitative estimate of drug-likeness (QED) is 0.369. The maximum absolute atomic E-state index is 12.6. The van der Waals surface area contributed by atoms with E-state index in [9.17, 15) is 9.59 Å². The lowest BCUT2D eigenvalue weighted by Gasteiger charge is -2.38. The van der Waals surface area contributed by atoms with Crippen LogP contribution in [0, 0.1) is 11.8 Å². The van der Waals surface area contributed by atoms with Crippen molar-refractivity contribution in [3.8, 4) is 17.2 Å². The zero-order valence-corrected chi connectivity index (χ0v) is 24.0. The molecule has 0 aliphatic carbocycles. The van der Waals surface area contributed by atoms with Crippen LogP contribution in [0.2, 0.25) is 0 Å². The number of nitrogens with zero attached hydrogens (tertiary/aromatic N) is 3. The van der Waals surface area contributed by atoms with E-state index in [0.717, 1.165) is 12.2 Å². The van der Waals surface area contributed by atoms with Gasteiger partial charge in [0.15, 0.2) is 11.5 Å². The number of nitrogens with one attached hydrogen (secondary N) is 3. The minimum Gasteiger partial charge on any atom is -0.493 e. The van der Waals surface area contributed by atoms with Crippen LogP contribution in [0.3, 0.4) is 0 Å². The van der Waals surface area contributed by atoms with E-state index in [2.05, 4.69) is 25.8 Å². The van der Waals surface area contributed by atoms with Gasteiger partial charge in [-0.05, 0) is 52.0 Å². The van der Waals surface area contributed by atoms with E-state index < -0.39 is 0 Å². The van der Waals surface area contributed by atoms with Gasteiger partial charge in [-0.3, -0.25) is 9.59 Å². The van der Waals surface area contributed by atoms with Crippen LogP contribution in [0.1, 0.15) is 47.0 Å². The molecule has 1 saturated heterocycles. The Morgan fingerprint density at radius 3 is 1.92 bits per heavy atom. The number of ether oxygens (including phenoxy) is 3. The molecule has 39 heavy (non-hydrogen) atoms. The zero-order valence-electron chi connectivity index (χ0n) is 24.0. The molecular weight excluding hydrogens is 500 g/mol. The molecule has 1 fully saturated rings. The van der Waals surface area contributed by atoms with Gasteiger partial charge in [-0.25, -0.2) is 4.98 Å². The molecule has 0 radical (unpaired) electrons. The topological polar surface area (TPSA) is 127 Å². The molecular formula is C28H42N6O5. The third kappa shape index (κ3) is 8.62.